The van der Waals surface area contributed by atoms with Gasteiger partial charge in [0.25, 0.3) is 0 Å². The van der Waals surface area contributed by atoms with Crippen LogP contribution in [0.2, 0.25) is 5.02 Å². The molecule has 1 aromatic rings. The maximum Gasteiger partial charge on any atom is 0.306 e. The van der Waals surface area contributed by atoms with Gasteiger partial charge in [0.15, 0.2) is 0 Å². The molecule has 0 spiro atoms. The van der Waals surface area contributed by atoms with Crippen LogP contribution in [0.1, 0.15) is 26.2 Å². The molecule has 1 aromatic carbocycles. The van der Waals surface area contributed by atoms with Crippen molar-refractivity contribution in [1.82, 2.24) is 0 Å². The number of piperidine rings is 1. The van der Waals surface area contributed by atoms with E-state index < -0.39 is 0 Å². The molecule has 0 radical (unpaired) electrons. The summed E-state index contributed by atoms with van der Waals surface area (Å²) in [6, 6.07) is 7.94. The van der Waals surface area contributed by atoms with E-state index in [1.807, 2.05) is 31.2 Å². The first kappa shape index (κ1) is 14.2. The van der Waals surface area contributed by atoms with Gasteiger partial charge < -0.3 is 9.64 Å². The molecule has 1 aliphatic heterocycles. The number of carbonyl (C=O) groups is 1. The van der Waals surface area contributed by atoms with Gasteiger partial charge in [-0.2, -0.15) is 0 Å². The van der Waals surface area contributed by atoms with Crippen molar-refractivity contribution in [2.75, 3.05) is 24.6 Å². The molecular weight excluding hydrogens is 262 g/mol. The van der Waals surface area contributed by atoms with Crippen LogP contribution in [-0.2, 0) is 9.53 Å². The standard InChI is InChI=1S/C15H20ClNO2/c1-2-19-15(18)11-12-7-9-17(10-8-12)14-5-3-13(16)4-6-14/h3-6,12H,2,7-11H2,1H3. The van der Waals surface area contributed by atoms with Crippen molar-refractivity contribution >= 4 is 23.3 Å². The third-order valence-corrected chi connectivity index (χ3v) is 3.82. The average Bonchev–Trinajstić information content (AvgIpc) is 2.41. The smallest absolute Gasteiger partial charge is 0.306 e. The topological polar surface area (TPSA) is 29.5 Å². The number of nitrogens with zero attached hydrogens (tertiary/aromatic N) is 1. The lowest BCUT2D eigenvalue weighted by atomic mass is 9.93. The van der Waals surface area contributed by atoms with Gasteiger partial charge in [-0.25, -0.2) is 0 Å². The van der Waals surface area contributed by atoms with Crippen molar-refractivity contribution < 1.29 is 9.53 Å². The Hall–Kier alpha value is -1.22. The average molecular weight is 282 g/mol. The van der Waals surface area contributed by atoms with Gasteiger partial charge in [0.2, 0.25) is 0 Å². The Morgan fingerprint density at radius 2 is 1.95 bits per heavy atom. The molecule has 0 bridgehead atoms. The predicted octanol–water partition coefficient (Wildman–Crippen LogP) is 3.51. The summed E-state index contributed by atoms with van der Waals surface area (Å²) in [5.41, 5.74) is 1.21. The Morgan fingerprint density at radius 3 is 2.53 bits per heavy atom. The van der Waals surface area contributed by atoms with Gasteiger partial charge in [0, 0.05) is 30.2 Å². The van der Waals surface area contributed by atoms with E-state index in [9.17, 15) is 4.79 Å². The number of benzene rings is 1. The van der Waals surface area contributed by atoms with Gasteiger partial charge in [-0.3, -0.25) is 4.79 Å². The Labute approximate surface area is 119 Å². The van der Waals surface area contributed by atoms with Crippen LogP contribution < -0.4 is 4.90 Å². The number of hydrogen-bond donors (Lipinski definition) is 0. The largest absolute Gasteiger partial charge is 0.466 e. The highest BCUT2D eigenvalue weighted by Crippen LogP contribution is 2.26. The summed E-state index contributed by atoms with van der Waals surface area (Å²) in [4.78, 5) is 13.8. The number of rotatable bonds is 4. The fourth-order valence-electron chi connectivity index (χ4n) is 2.50. The second-order valence-corrected chi connectivity index (χ2v) is 5.35. The zero-order valence-electron chi connectivity index (χ0n) is 11.3. The van der Waals surface area contributed by atoms with Gasteiger partial charge in [-0.05, 0) is 49.9 Å². The summed E-state index contributed by atoms with van der Waals surface area (Å²) < 4.78 is 5.00. The molecular formula is C15H20ClNO2. The summed E-state index contributed by atoms with van der Waals surface area (Å²) in [6.45, 7) is 4.31. The highest BCUT2D eigenvalue weighted by molar-refractivity contribution is 6.30. The van der Waals surface area contributed by atoms with Crippen molar-refractivity contribution in [1.29, 1.82) is 0 Å². The zero-order valence-corrected chi connectivity index (χ0v) is 12.0. The lowest BCUT2D eigenvalue weighted by molar-refractivity contribution is -0.144. The van der Waals surface area contributed by atoms with Crippen LogP contribution in [0.5, 0.6) is 0 Å². The summed E-state index contributed by atoms with van der Waals surface area (Å²) in [7, 11) is 0. The Morgan fingerprint density at radius 1 is 1.32 bits per heavy atom. The summed E-state index contributed by atoms with van der Waals surface area (Å²) >= 11 is 5.89. The van der Waals surface area contributed by atoms with Gasteiger partial charge in [-0.1, -0.05) is 11.6 Å². The minimum Gasteiger partial charge on any atom is -0.466 e. The quantitative estimate of drug-likeness (QED) is 0.791. The van der Waals surface area contributed by atoms with Crippen LogP contribution in [0.4, 0.5) is 5.69 Å². The monoisotopic (exact) mass is 281 g/mol. The predicted molar refractivity (Wildman–Crippen MR) is 77.6 cm³/mol. The fraction of sp³-hybridized carbons (Fsp3) is 0.533. The number of esters is 1. The van der Waals surface area contributed by atoms with E-state index in [0.717, 1.165) is 31.0 Å². The minimum atomic E-state index is -0.0626. The lowest BCUT2D eigenvalue weighted by Crippen LogP contribution is -2.34. The molecule has 1 fully saturated rings. The summed E-state index contributed by atoms with van der Waals surface area (Å²) in [6.07, 6.45) is 2.64. The molecule has 0 atom stereocenters. The fourth-order valence-corrected chi connectivity index (χ4v) is 2.63. The van der Waals surface area contributed by atoms with E-state index in [1.165, 1.54) is 5.69 Å². The van der Waals surface area contributed by atoms with E-state index in [0.29, 0.717) is 18.9 Å². The van der Waals surface area contributed by atoms with Crippen LogP contribution in [0.15, 0.2) is 24.3 Å². The van der Waals surface area contributed by atoms with Gasteiger partial charge >= 0.3 is 5.97 Å². The van der Waals surface area contributed by atoms with E-state index in [1.54, 1.807) is 0 Å². The highest BCUT2D eigenvalue weighted by atomic mass is 35.5. The lowest BCUT2D eigenvalue weighted by Gasteiger charge is -2.33. The highest BCUT2D eigenvalue weighted by Gasteiger charge is 2.22. The molecule has 0 unspecified atom stereocenters. The normalized spacial score (nSPS) is 16.4. The first-order valence-electron chi connectivity index (χ1n) is 6.85. The summed E-state index contributed by atoms with van der Waals surface area (Å²) in [5, 5.41) is 0.765. The van der Waals surface area contributed by atoms with Crippen LogP contribution >= 0.6 is 11.6 Å². The molecule has 4 heteroatoms. The van der Waals surface area contributed by atoms with Gasteiger partial charge in [0.1, 0.15) is 0 Å². The third kappa shape index (κ3) is 4.13. The van der Waals surface area contributed by atoms with Crippen molar-refractivity contribution in [3.8, 4) is 0 Å². The number of halogens is 1. The van der Waals surface area contributed by atoms with E-state index in [-0.39, 0.29) is 5.97 Å². The van der Waals surface area contributed by atoms with E-state index in [2.05, 4.69) is 4.90 Å². The first-order valence-corrected chi connectivity index (χ1v) is 7.23. The summed E-state index contributed by atoms with van der Waals surface area (Å²) in [5.74, 6) is 0.398. The molecule has 0 saturated carbocycles. The molecule has 0 aliphatic carbocycles. The van der Waals surface area contributed by atoms with E-state index in [4.69, 9.17) is 16.3 Å². The zero-order chi connectivity index (χ0) is 13.7. The number of hydrogen-bond acceptors (Lipinski definition) is 3. The SMILES string of the molecule is CCOC(=O)CC1CCN(c2ccc(Cl)cc2)CC1. The molecule has 1 heterocycles. The first-order chi connectivity index (χ1) is 9.19. The Bertz CT molecular complexity index is 411. The van der Waals surface area contributed by atoms with E-state index >= 15 is 0 Å². The molecule has 2 rings (SSSR count). The third-order valence-electron chi connectivity index (χ3n) is 3.57. The van der Waals surface area contributed by atoms with Crippen molar-refractivity contribution in [3.05, 3.63) is 29.3 Å². The maximum absolute atomic E-state index is 11.4. The van der Waals surface area contributed by atoms with Crippen LogP contribution in [0.3, 0.4) is 0 Å². The number of ether oxygens (including phenoxy) is 1. The molecule has 0 aromatic heterocycles. The molecule has 3 nitrogen and oxygen atoms in total. The van der Waals surface area contributed by atoms with Gasteiger partial charge in [0.05, 0.1) is 6.61 Å². The molecule has 1 saturated heterocycles. The molecule has 19 heavy (non-hydrogen) atoms. The Kier molecular flexibility index (Phi) is 5.08. The molecule has 0 amide bonds. The molecule has 1 aliphatic rings. The van der Waals surface area contributed by atoms with Gasteiger partial charge in [-0.15, -0.1) is 0 Å². The van der Waals surface area contributed by atoms with Crippen LogP contribution in [0.25, 0.3) is 0 Å². The minimum absolute atomic E-state index is 0.0626. The maximum atomic E-state index is 11.4. The van der Waals surface area contributed by atoms with Crippen LogP contribution in [-0.4, -0.2) is 25.7 Å². The molecule has 0 N–H and O–H groups in total. The molecule has 104 valence electrons. The number of carbonyl (C=O) groups excluding carboxylic acids is 1. The van der Waals surface area contributed by atoms with Crippen molar-refractivity contribution in [2.45, 2.75) is 26.2 Å². The number of anilines is 1. The van der Waals surface area contributed by atoms with Crippen molar-refractivity contribution in [3.63, 3.8) is 0 Å². The van der Waals surface area contributed by atoms with Crippen LogP contribution in [0, 0.1) is 5.92 Å². The van der Waals surface area contributed by atoms with Crippen molar-refractivity contribution in [2.24, 2.45) is 5.92 Å². The second kappa shape index (κ2) is 6.80. The second-order valence-electron chi connectivity index (χ2n) is 4.92. The Balaban J connectivity index is 1.82.